The summed E-state index contributed by atoms with van der Waals surface area (Å²) in [5, 5.41) is 19.5. The second-order valence-corrected chi connectivity index (χ2v) is 5.43. The van der Waals surface area contributed by atoms with E-state index in [-0.39, 0.29) is 11.5 Å². The number of phenolic OH excluding ortho intramolecular Hbond substituents is 2. The molecule has 3 heteroatoms. The van der Waals surface area contributed by atoms with Gasteiger partial charge >= 0.3 is 0 Å². The zero-order valence-electron chi connectivity index (χ0n) is 12.2. The van der Waals surface area contributed by atoms with Crippen LogP contribution in [0.25, 0.3) is 0 Å². The monoisotopic (exact) mass is 263 g/mol. The molecular formula is C16H25NO2. The Kier molecular flexibility index (Phi) is 4.35. The van der Waals surface area contributed by atoms with Gasteiger partial charge in [-0.25, -0.2) is 0 Å². The third kappa shape index (κ3) is 2.57. The number of hydrogen-bond acceptors (Lipinski definition) is 3. The average Bonchev–Trinajstić information content (AvgIpc) is 2.45. The van der Waals surface area contributed by atoms with E-state index in [0.29, 0.717) is 12.0 Å². The summed E-state index contributed by atoms with van der Waals surface area (Å²) in [6, 6.07) is 4.18. The van der Waals surface area contributed by atoms with Crippen LogP contribution in [0.3, 0.4) is 0 Å². The number of likely N-dealkylation sites (tertiary alicyclic amines) is 1. The van der Waals surface area contributed by atoms with E-state index in [1.807, 2.05) is 19.9 Å². The third-order valence-corrected chi connectivity index (χ3v) is 4.45. The van der Waals surface area contributed by atoms with Crippen LogP contribution in [0.1, 0.15) is 37.8 Å². The predicted octanol–water partition coefficient (Wildman–Crippen LogP) is 2.93. The van der Waals surface area contributed by atoms with Crippen molar-refractivity contribution in [3.63, 3.8) is 0 Å². The fourth-order valence-corrected chi connectivity index (χ4v) is 3.45. The summed E-state index contributed by atoms with van der Waals surface area (Å²) in [6.07, 6.45) is 4.39. The fraction of sp³-hybridized carbons (Fsp3) is 0.625. The number of aromatic hydroxyl groups is 2. The van der Waals surface area contributed by atoms with Crippen LogP contribution in [-0.4, -0.2) is 34.7 Å². The van der Waals surface area contributed by atoms with Crippen molar-refractivity contribution in [1.29, 1.82) is 0 Å². The van der Waals surface area contributed by atoms with Crippen molar-refractivity contribution in [1.82, 2.24) is 4.90 Å². The molecule has 3 rings (SSSR count). The van der Waals surface area contributed by atoms with Crippen LogP contribution in [0.15, 0.2) is 12.1 Å². The highest BCUT2D eigenvalue weighted by Crippen LogP contribution is 2.41. The van der Waals surface area contributed by atoms with Crippen molar-refractivity contribution in [3.05, 3.63) is 23.3 Å². The molecule has 1 aliphatic carbocycles. The minimum absolute atomic E-state index is 0.0198. The number of likely N-dealkylation sites (N-methyl/N-ethyl adjacent to an activating group) is 1. The summed E-state index contributed by atoms with van der Waals surface area (Å²) < 4.78 is 0. The maximum absolute atomic E-state index is 9.94. The molecule has 0 aromatic heterocycles. The van der Waals surface area contributed by atoms with Gasteiger partial charge in [0, 0.05) is 11.6 Å². The zero-order chi connectivity index (χ0) is 14.0. The van der Waals surface area contributed by atoms with Gasteiger partial charge < -0.3 is 15.1 Å². The lowest BCUT2D eigenvalue weighted by molar-refractivity contribution is 0.111. The second-order valence-electron chi connectivity index (χ2n) is 5.43. The minimum Gasteiger partial charge on any atom is -0.504 e. The summed E-state index contributed by atoms with van der Waals surface area (Å²) in [4.78, 5) is 2.45. The van der Waals surface area contributed by atoms with Crippen molar-refractivity contribution < 1.29 is 10.2 Å². The van der Waals surface area contributed by atoms with Gasteiger partial charge in [-0.05, 0) is 56.8 Å². The normalized spacial score (nSPS) is 25.8. The molecule has 0 bridgehead atoms. The van der Waals surface area contributed by atoms with Gasteiger partial charge in [-0.2, -0.15) is 0 Å². The molecule has 19 heavy (non-hydrogen) atoms. The number of phenols is 2. The molecule has 1 heterocycles. The molecule has 2 atom stereocenters. The lowest BCUT2D eigenvalue weighted by atomic mass is 9.75. The van der Waals surface area contributed by atoms with Gasteiger partial charge in [0.15, 0.2) is 11.5 Å². The highest BCUT2D eigenvalue weighted by atomic mass is 16.3. The maximum atomic E-state index is 9.94. The van der Waals surface area contributed by atoms with Crippen LogP contribution >= 0.6 is 0 Å². The summed E-state index contributed by atoms with van der Waals surface area (Å²) in [7, 11) is 2.20. The first-order chi connectivity index (χ1) is 9.16. The molecule has 3 nitrogen and oxygen atoms in total. The number of hydrogen-bond donors (Lipinski definition) is 2. The van der Waals surface area contributed by atoms with Crippen molar-refractivity contribution in [2.24, 2.45) is 5.92 Å². The molecule has 0 radical (unpaired) electrons. The Morgan fingerprint density at radius 2 is 1.89 bits per heavy atom. The number of fused-ring (bicyclic) bond motifs is 2. The van der Waals surface area contributed by atoms with E-state index >= 15 is 0 Å². The first-order valence-electron chi connectivity index (χ1n) is 7.39. The molecule has 0 spiro atoms. The Balaban J connectivity index is 0.000000637. The molecule has 106 valence electrons. The second kappa shape index (κ2) is 5.83. The van der Waals surface area contributed by atoms with Crippen LogP contribution in [0, 0.1) is 5.92 Å². The van der Waals surface area contributed by atoms with Crippen LogP contribution in [0.4, 0.5) is 0 Å². The minimum atomic E-state index is 0.0198. The lowest BCUT2D eigenvalue weighted by Gasteiger charge is -2.43. The molecule has 1 aromatic carbocycles. The van der Waals surface area contributed by atoms with Crippen LogP contribution < -0.4 is 0 Å². The van der Waals surface area contributed by atoms with Crippen molar-refractivity contribution in [3.8, 4) is 11.5 Å². The molecule has 0 saturated carbocycles. The molecule has 1 unspecified atom stereocenters. The summed E-state index contributed by atoms with van der Waals surface area (Å²) in [5.74, 6) is 0.759. The number of piperidine rings is 1. The first-order valence-corrected chi connectivity index (χ1v) is 7.39. The highest BCUT2D eigenvalue weighted by molar-refractivity contribution is 5.50. The van der Waals surface area contributed by atoms with E-state index in [1.165, 1.54) is 24.9 Å². The topological polar surface area (TPSA) is 43.7 Å². The van der Waals surface area contributed by atoms with Gasteiger partial charge in [-0.3, -0.25) is 0 Å². The van der Waals surface area contributed by atoms with E-state index in [0.717, 1.165) is 18.4 Å². The number of rotatable bonds is 0. The van der Waals surface area contributed by atoms with Crippen LogP contribution in [0.2, 0.25) is 0 Å². The molecule has 1 aromatic rings. The largest absolute Gasteiger partial charge is 0.504 e. The number of nitrogens with zero attached hydrogens (tertiary/aromatic N) is 1. The lowest BCUT2D eigenvalue weighted by Crippen LogP contribution is -2.47. The van der Waals surface area contributed by atoms with Gasteiger partial charge in [-0.15, -0.1) is 0 Å². The Morgan fingerprint density at radius 3 is 2.63 bits per heavy atom. The highest BCUT2D eigenvalue weighted by Gasteiger charge is 2.35. The molecule has 1 saturated heterocycles. The van der Waals surface area contributed by atoms with Crippen molar-refractivity contribution in [2.45, 2.75) is 45.6 Å². The van der Waals surface area contributed by atoms with Crippen molar-refractivity contribution >= 4 is 0 Å². The summed E-state index contributed by atoms with van der Waals surface area (Å²) in [6.45, 7) is 5.18. The Morgan fingerprint density at radius 1 is 1.16 bits per heavy atom. The van der Waals surface area contributed by atoms with E-state index in [1.54, 1.807) is 6.07 Å². The third-order valence-electron chi connectivity index (χ3n) is 4.45. The molecule has 1 aliphatic heterocycles. The van der Waals surface area contributed by atoms with Crippen molar-refractivity contribution in [2.75, 3.05) is 13.6 Å². The van der Waals surface area contributed by atoms with Crippen LogP contribution in [0.5, 0.6) is 11.5 Å². The smallest absolute Gasteiger partial charge is 0.160 e. The Hall–Kier alpha value is -1.22. The van der Waals surface area contributed by atoms with Gasteiger partial charge in [0.1, 0.15) is 0 Å². The van der Waals surface area contributed by atoms with Gasteiger partial charge in [0.2, 0.25) is 0 Å². The summed E-state index contributed by atoms with van der Waals surface area (Å²) >= 11 is 0. The molecule has 1 fully saturated rings. The SMILES string of the molecule is CC.CN1CCCC2Cc3c(ccc(O)c3O)C[C@@H]21. The first kappa shape index (κ1) is 14.2. The van der Waals surface area contributed by atoms with E-state index < -0.39 is 0 Å². The Bertz CT molecular complexity index is 445. The standard InChI is InChI=1S/C14H19NO2.C2H6/c1-15-6-2-3-10-7-11-9(8-12(10)15)4-5-13(16)14(11)17;1-2/h4-5,10,12,16-17H,2-3,6-8H2,1H3;1-2H3/t10?,12-;/m0./s1. The average molecular weight is 263 g/mol. The van der Waals surface area contributed by atoms with Gasteiger partial charge in [0.05, 0.1) is 0 Å². The van der Waals surface area contributed by atoms with Gasteiger partial charge in [-0.1, -0.05) is 19.9 Å². The molecule has 0 amide bonds. The van der Waals surface area contributed by atoms with Crippen LogP contribution in [-0.2, 0) is 12.8 Å². The van der Waals surface area contributed by atoms with E-state index in [9.17, 15) is 10.2 Å². The van der Waals surface area contributed by atoms with Gasteiger partial charge in [0.25, 0.3) is 0 Å². The molecule has 2 aliphatic rings. The predicted molar refractivity (Wildman–Crippen MR) is 77.7 cm³/mol. The maximum Gasteiger partial charge on any atom is 0.160 e. The van der Waals surface area contributed by atoms with E-state index in [2.05, 4.69) is 11.9 Å². The zero-order valence-corrected chi connectivity index (χ0v) is 12.2. The van der Waals surface area contributed by atoms with E-state index in [4.69, 9.17) is 0 Å². The number of benzene rings is 1. The summed E-state index contributed by atoms with van der Waals surface area (Å²) in [5.41, 5.74) is 2.18. The fourth-order valence-electron chi connectivity index (χ4n) is 3.45. The Labute approximate surface area is 115 Å². The molecular weight excluding hydrogens is 238 g/mol. The molecule has 2 N–H and O–H groups in total. The quantitative estimate of drug-likeness (QED) is 0.707.